The van der Waals surface area contributed by atoms with E-state index in [0.717, 1.165) is 0 Å². The van der Waals surface area contributed by atoms with Crippen LogP contribution in [0.15, 0.2) is 21.4 Å². The molecule has 0 aliphatic carbocycles. The number of alkyl halides is 1. The van der Waals surface area contributed by atoms with E-state index in [4.69, 9.17) is 16.0 Å². The highest BCUT2D eigenvalue weighted by Crippen LogP contribution is 2.23. The van der Waals surface area contributed by atoms with Gasteiger partial charge < -0.3 is 4.42 Å². The van der Waals surface area contributed by atoms with E-state index in [0.29, 0.717) is 21.9 Å². The Balaban J connectivity index is 2.44. The van der Waals surface area contributed by atoms with Crippen LogP contribution in [0, 0.1) is 0 Å². The van der Waals surface area contributed by atoms with Gasteiger partial charge in [-0.2, -0.15) is 0 Å². The summed E-state index contributed by atoms with van der Waals surface area (Å²) in [5, 5.41) is 7.52. The Morgan fingerprint density at radius 3 is 2.93 bits per heavy atom. The molecule has 2 aromatic heterocycles. The topological polar surface area (TPSA) is 64.7 Å². The number of rotatable bonds is 2. The smallest absolute Gasteiger partial charge is 0.267 e. The molecule has 0 radical (unpaired) electrons. The van der Waals surface area contributed by atoms with Crippen LogP contribution in [-0.4, -0.2) is 20.2 Å². The van der Waals surface area contributed by atoms with Gasteiger partial charge in [-0.05, 0) is 15.9 Å². The van der Waals surface area contributed by atoms with Crippen molar-refractivity contribution in [1.82, 2.24) is 20.2 Å². The molecule has 0 aliphatic rings. The van der Waals surface area contributed by atoms with Crippen LogP contribution >= 0.6 is 27.5 Å². The maximum atomic E-state index is 5.53. The first-order chi connectivity index (χ1) is 6.81. The fourth-order valence-electron chi connectivity index (χ4n) is 0.873. The zero-order chi connectivity index (χ0) is 9.97. The molecule has 2 aromatic rings. The number of nitrogens with zero attached hydrogens (tertiary/aromatic N) is 4. The van der Waals surface area contributed by atoms with E-state index in [-0.39, 0.29) is 5.88 Å². The minimum atomic E-state index is 0.190. The van der Waals surface area contributed by atoms with Crippen LogP contribution in [0.5, 0.6) is 0 Å². The van der Waals surface area contributed by atoms with Gasteiger partial charge in [0.15, 0.2) is 0 Å². The summed E-state index contributed by atoms with van der Waals surface area (Å²) in [6, 6.07) is 0. The lowest BCUT2D eigenvalue weighted by atomic mass is 10.4. The second kappa shape index (κ2) is 4.02. The maximum Gasteiger partial charge on any atom is 0.267 e. The van der Waals surface area contributed by atoms with Crippen molar-refractivity contribution in [2.45, 2.75) is 5.88 Å². The molecule has 0 unspecified atom stereocenters. The summed E-state index contributed by atoms with van der Waals surface area (Å²) in [6.45, 7) is 0. The summed E-state index contributed by atoms with van der Waals surface area (Å²) in [5.74, 6) is 0.887. The largest absolute Gasteiger partial charge is 0.418 e. The van der Waals surface area contributed by atoms with Crippen molar-refractivity contribution in [3.63, 3.8) is 0 Å². The van der Waals surface area contributed by atoms with Crippen LogP contribution < -0.4 is 0 Å². The van der Waals surface area contributed by atoms with Crippen LogP contribution in [0.4, 0.5) is 0 Å². The molecule has 14 heavy (non-hydrogen) atoms. The van der Waals surface area contributed by atoms with Gasteiger partial charge >= 0.3 is 0 Å². The van der Waals surface area contributed by atoms with E-state index < -0.39 is 0 Å². The van der Waals surface area contributed by atoms with Crippen LogP contribution in [0.25, 0.3) is 11.6 Å². The molecule has 2 rings (SSSR count). The number of halogens is 2. The molecule has 0 fully saturated rings. The third-order valence-electron chi connectivity index (χ3n) is 1.45. The first-order valence-corrected chi connectivity index (χ1v) is 4.98. The molecule has 5 nitrogen and oxygen atoms in total. The monoisotopic (exact) mass is 274 g/mol. The quantitative estimate of drug-likeness (QED) is 0.785. The van der Waals surface area contributed by atoms with Crippen molar-refractivity contribution in [2.75, 3.05) is 0 Å². The molecular formula is C7H4BrClN4O. The minimum absolute atomic E-state index is 0.190. The Morgan fingerprint density at radius 1 is 1.43 bits per heavy atom. The van der Waals surface area contributed by atoms with Crippen molar-refractivity contribution in [3.05, 3.63) is 22.9 Å². The van der Waals surface area contributed by atoms with Gasteiger partial charge in [0.05, 0.1) is 4.47 Å². The molecule has 0 amide bonds. The van der Waals surface area contributed by atoms with E-state index in [1.54, 1.807) is 6.20 Å². The van der Waals surface area contributed by atoms with E-state index >= 15 is 0 Å². The molecular weight excluding hydrogens is 271 g/mol. The van der Waals surface area contributed by atoms with Gasteiger partial charge in [-0.15, -0.1) is 21.8 Å². The molecule has 72 valence electrons. The molecule has 0 aromatic carbocycles. The van der Waals surface area contributed by atoms with E-state index in [2.05, 4.69) is 36.1 Å². The summed E-state index contributed by atoms with van der Waals surface area (Å²) in [7, 11) is 0. The third-order valence-corrected chi connectivity index (χ3v) is 2.26. The average Bonchev–Trinajstić information content (AvgIpc) is 2.67. The van der Waals surface area contributed by atoms with Crippen LogP contribution in [0.1, 0.15) is 5.89 Å². The van der Waals surface area contributed by atoms with Gasteiger partial charge in [0.25, 0.3) is 5.89 Å². The molecule has 2 heterocycles. The highest BCUT2D eigenvalue weighted by molar-refractivity contribution is 9.10. The van der Waals surface area contributed by atoms with Gasteiger partial charge in [0, 0.05) is 6.20 Å². The summed E-state index contributed by atoms with van der Waals surface area (Å²) in [4.78, 5) is 7.82. The third kappa shape index (κ3) is 1.76. The second-order valence-corrected chi connectivity index (χ2v) is 3.48. The fourth-order valence-corrected chi connectivity index (χ4v) is 1.37. The number of hydrogen-bond acceptors (Lipinski definition) is 5. The Labute approximate surface area is 92.7 Å². The zero-order valence-corrected chi connectivity index (χ0v) is 9.16. The van der Waals surface area contributed by atoms with Gasteiger partial charge in [-0.3, -0.25) is 0 Å². The van der Waals surface area contributed by atoms with E-state index in [1.807, 2.05) is 0 Å². The number of aromatic nitrogens is 4. The van der Waals surface area contributed by atoms with Gasteiger partial charge in [0.2, 0.25) is 5.89 Å². The van der Waals surface area contributed by atoms with Crippen molar-refractivity contribution in [3.8, 4) is 11.6 Å². The Morgan fingerprint density at radius 2 is 2.29 bits per heavy atom. The van der Waals surface area contributed by atoms with Crippen LogP contribution in [-0.2, 0) is 5.88 Å². The fraction of sp³-hybridized carbons (Fsp3) is 0.143. The Kier molecular flexibility index (Phi) is 2.74. The van der Waals surface area contributed by atoms with E-state index in [1.165, 1.54) is 6.33 Å². The molecule has 7 heteroatoms. The first-order valence-electron chi connectivity index (χ1n) is 3.65. The molecule has 0 spiro atoms. The highest BCUT2D eigenvalue weighted by atomic mass is 79.9. The highest BCUT2D eigenvalue weighted by Gasteiger charge is 2.12. The molecule has 0 bridgehead atoms. The normalized spacial score (nSPS) is 10.4. The van der Waals surface area contributed by atoms with E-state index in [9.17, 15) is 0 Å². The van der Waals surface area contributed by atoms with Gasteiger partial charge in [-0.1, -0.05) is 0 Å². The minimum Gasteiger partial charge on any atom is -0.418 e. The van der Waals surface area contributed by atoms with Crippen molar-refractivity contribution in [1.29, 1.82) is 0 Å². The first kappa shape index (κ1) is 9.54. The van der Waals surface area contributed by atoms with Crippen LogP contribution in [0.3, 0.4) is 0 Å². The lowest BCUT2D eigenvalue weighted by Crippen LogP contribution is -1.86. The maximum absolute atomic E-state index is 5.53. The summed E-state index contributed by atoms with van der Waals surface area (Å²) < 4.78 is 5.92. The molecule has 0 saturated carbocycles. The Bertz CT molecular complexity index is 447. The average molecular weight is 275 g/mol. The summed E-state index contributed by atoms with van der Waals surface area (Å²) >= 11 is 8.81. The molecule has 0 atom stereocenters. The molecule has 0 saturated heterocycles. The predicted octanol–water partition coefficient (Wildman–Crippen LogP) is 2.03. The van der Waals surface area contributed by atoms with Crippen LogP contribution in [0.2, 0.25) is 0 Å². The summed E-state index contributed by atoms with van der Waals surface area (Å²) in [6.07, 6.45) is 3.01. The molecule has 0 N–H and O–H groups in total. The second-order valence-electron chi connectivity index (χ2n) is 2.35. The van der Waals surface area contributed by atoms with Crippen molar-refractivity contribution < 1.29 is 4.42 Å². The van der Waals surface area contributed by atoms with Crippen molar-refractivity contribution in [2.24, 2.45) is 0 Å². The van der Waals surface area contributed by atoms with Gasteiger partial charge in [0.1, 0.15) is 17.9 Å². The van der Waals surface area contributed by atoms with Crippen molar-refractivity contribution >= 4 is 27.5 Å². The SMILES string of the molecule is ClCc1nnc(-c2ncncc2Br)o1. The standard InChI is InChI=1S/C7H4BrClN4O/c8-4-2-10-3-11-6(4)7-13-12-5(1-9)14-7/h2-3H,1H2. The Hall–Kier alpha value is -1.01. The predicted molar refractivity (Wildman–Crippen MR) is 52.6 cm³/mol. The molecule has 0 aliphatic heterocycles. The number of hydrogen-bond donors (Lipinski definition) is 0. The lowest BCUT2D eigenvalue weighted by molar-refractivity contribution is 0.525. The zero-order valence-electron chi connectivity index (χ0n) is 6.81. The lowest BCUT2D eigenvalue weighted by Gasteiger charge is -1.94. The summed E-state index contributed by atoms with van der Waals surface area (Å²) in [5.41, 5.74) is 0.559. The van der Waals surface area contributed by atoms with Gasteiger partial charge in [-0.25, -0.2) is 9.97 Å².